The van der Waals surface area contributed by atoms with Crippen LogP contribution in [0.1, 0.15) is 15.9 Å². The quantitative estimate of drug-likeness (QED) is 0.544. The minimum Gasteiger partial charge on any atom is -0.395 e. The third kappa shape index (κ3) is 4.01. The fraction of sp³-hybridized carbons (Fsp3) is 0.200. The summed E-state index contributed by atoms with van der Waals surface area (Å²) in [6.45, 7) is 0.621. The SMILES string of the molecule is NNc1ccc(C(=O)N(CCO)Cc2ccccc2)cn1. The number of hydrazine groups is 1. The Balaban J connectivity index is 2.14. The topological polar surface area (TPSA) is 91.5 Å². The van der Waals surface area contributed by atoms with Crippen LogP contribution in [0.15, 0.2) is 48.7 Å². The highest BCUT2D eigenvalue weighted by Gasteiger charge is 2.16. The molecule has 0 aliphatic heterocycles. The number of amides is 1. The molecule has 0 aliphatic carbocycles. The van der Waals surface area contributed by atoms with Gasteiger partial charge in [0.15, 0.2) is 0 Å². The summed E-state index contributed by atoms with van der Waals surface area (Å²) in [6, 6.07) is 12.9. The number of aliphatic hydroxyl groups excluding tert-OH is 1. The van der Waals surface area contributed by atoms with Gasteiger partial charge in [0, 0.05) is 19.3 Å². The summed E-state index contributed by atoms with van der Waals surface area (Å²) >= 11 is 0. The maximum atomic E-state index is 12.5. The summed E-state index contributed by atoms with van der Waals surface area (Å²) in [5.74, 6) is 5.56. The number of anilines is 1. The van der Waals surface area contributed by atoms with Gasteiger partial charge in [0.25, 0.3) is 5.91 Å². The molecule has 110 valence electrons. The lowest BCUT2D eigenvalue weighted by Gasteiger charge is -2.22. The van der Waals surface area contributed by atoms with E-state index in [1.165, 1.54) is 6.20 Å². The van der Waals surface area contributed by atoms with Gasteiger partial charge >= 0.3 is 0 Å². The Bertz CT molecular complexity index is 572. The number of pyridine rings is 1. The van der Waals surface area contributed by atoms with Gasteiger partial charge in [0.1, 0.15) is 5.82 Å². The highest BCUT2D eigenvalue weighted by atomic mass is 16.3. The molecule has 0 atom stereocenters. The zero-order valence-electron chi connectivity index (χ0n) is 11.6. The molecule has 1 amide bonds. The Kier molecular flexibility index (Phi) is 5.25. The normalized spacial score (nSPS) is 10.2. The second-order valence-corrected chi connectivity index (χ2v) is 4.51. The van der Waals surface area contributed by atoms with Crippen molar-refractivity contribution in [2.45, 2.75) is 6.54 Å². The number of nitrogens with two attached hydrogens (primary N) is 1. The van der Waals surface area contributed by atoms with Gasteiger partial charge in [0.2, 0.25) is 0 Å². The molecule has 0 fully saturated rings. The number of nitrogens with one attached hydrogen (secondary N) is 1. The molecule has 0 bridgehead atoms. The molecule has 0 unspecified atom stereocenters. The first-order valence-corrected chi connectivity index (χ1v) is 6.61. The van der Waals surface area contributed by atoms with Crippen molar-refractivity contribution in [3.05, 3.63) is 59.8 Å². The van der Waals surface area contributed by atoms with Crippen LogP contribution >= 0.6 is 0 Å². The second kappa shape index (κ2) is 7.37. The third-order valence-corrected chi connectivity index (χ3v) is 3.03. The summed E-state index contributed by atoms with van der Waals surface area (Å²) in [5.41, 5.74) is 3.88. The molecule has 0 saturated carbocycles. The van der Waals surface area contributed by atoms with Crippen LogP contribution in [0.5, 0.6) is 0 Å². The molecule has 6 heteroatoms. The van der Waals surface area contributed by atoms with Crippen molar-refractivity contribution in [3.63, 3.8) is 0 Å². The molecule has 1 heterocycles. The summed E-state index contributed by atoms with van der Waals surface area (Å²) in [7, 11) is 0. The molecule has 2 rings (SSSR count). The van der Waals surface area contributed by atoms with E-state index in [2.05, 4.69) is 10.4 Å². The van der Waals surface area contributed by atoms with Gasteiger partial charge in [-0.15, -0.1) is 0 Å². The number of carbonyl (C=O) groups is 1. The van der Waals surface area contributed by atoms with E-state index in [0.717, 1.165) is 5.56 Å². The van der Waals surface area contributed by atoms with Gasteiger partial charge in [0.05, 0.1) is 12.2 Å². The molecule has 0 saturated heterocycles. The summed E-state index contributed by atoms with van der Waals surface area (Å²) in [6.07, 6.45) is 1.47. The van der Waals surface area contributed by atoms with Gasteiger partial charge in [-0.25, -0.2) is 10.8 Å². The molecule has 0 spiro atoms. The Morgan fingerprint density at radius 3 is 2.57 bits per heavy atom. The van der Waals surface area contributed by atoms with Crippen LogP contribution in [0.2, 0.25) is 0 Å². The number of hydrogen-bond donors (Lipinski definition) is 3. The predicted molar refractivity (Wildman–Crippen MR) is 80.3 cm³/mol. The van der Waals surface area contributed by atoms with Crippen LogP contribution in [0.25, 0.3) is 0 Å². The maximum absolute atomic E-state index is 12.5. The number of nitrogens with zero attached hydrogens (tertiary/aromatic N) is 2. The minimum atomic E-state index is -0.177. The molecular weight excluding hydrogens is 268 g/mol. The fourth-order valence-electron chi connectivity index (χ4n) is 1.97. The van der Waals surface area contributed by atoms with Crippen molar-refractivity contribution in [1.82, 2.24) is 9.88 Å². The van der Waals surface area contributed by atoms with E-state index in [4.69, 9.17) is 10.9 Å². The zero-order chi connectivity index (χ0) is 15.1. The number of rotatable bonds is 6. The average molecular weight is 286 g/mol. The van der Waals surface area contributed by atoms with Crippen LogP contribution in [0.4, 0.5) is 5.82 Å². The number of benzene rings is 1. The van der Waals surface area contributed by atoms with E-state index in [0.29, 0.717) is 17.9 Å². The molecule has 1 aromatic heterocycles. The van der Waals surface area contributed by atoms with Gasteiger partial charge in [-0.2, -0.15) is 0 Å². The number of aliphatic hydroxyl groups is 1. The second-order valence-electron chi connectivity index (χ2n) is 4.51. The van der Waals surface area contributed by atoms with Crippen LogP contribution in [0.3, 0.4) is 0 Å². The van der Waals surface area contributed by atoms with Crippen molar-refractivity contribution in [1.29, 1.82) is 0 Å². The van der Waals surface area contributed by atoms with E-state index in [1.54, 1.807) is 17.0 Å². The van der Waals surface area contributed by atoms with Crippen molar-refractivity contribution < 1.29 is 9.90 Å². The van der Waals surface area contributed by atoms with Crippen molar-refractivity contribution >= 4 is 11.7 Å². The molecule has 0 radical (unpaired) electrons. The Labute approximate surface area is 123 Å². The largest absolute Gasteiger partial charge is 0.395 e. The van der Waals surface area contributed by atoms with E-state index in [1.807, 2.05) is 30.3 Å². The van der Waals surface area contributed by atoms with Crippen LogP contribution in [0, 0.1) is 0 Å². The third-order valence-electron chi connectivity index (χ3n) is 3.03. The summed E-state index contributed by atoms with van der Waals surface area (Å²) in [5, 5.41) is 9.16. The highest BCUT2D eigenvalue weighted by Crippen LogP contribution is 2.11. The molecular formula is C15H18N4O2. The average Bonchev–Trinajstić information content (AvgIpc) is 2.55. The van der Waals surface area contributed by atoms with Crippen molar-refractivity contribution in [2.24, 2.45) is 5.84 Å². The Morgan fingerprint density at radius 1 is 1.24 bits per heavy atom. The zero-order valence-corrected chi connectivity index (χ0v) is 11.6. The van der Waals surface area contributed by atoms with E-state index in [9.17, 15) is 4.79 Å². The highest BCUT2D eigenvalue weighted by molar-refractivity contribution is 5.94. The lowest BCUT2D eigenvalue weighted by molar-refractivity contribution is 0.0707. The number of hydrogen-bond acceptors (Lipinski definition) is 5. The number of nitrogen functional groups attached to an aromatic ring is 1. The van der Waals surface area contributed by atoms with Crippen LogP contribution in [-0.2, 0) is 6.54 Å². The Hall–Kier alpha value is -2.44. The van der Waals surface area contributed by atoms with Crippen molar-refractivity contribution in [2.75, 3.05) is 18.6 Å². The first-order chi connectivity index (χ1) is 10.2. The monoisotopic (exact) mass is 286 g/mol. The van der Waals surface area contributed by atoms with Gasteiger partial charge in [-0.05, 0) is 17.7 Å². The van der Waals surface area contributed by atoms with Gasteiger partial charge in [-0.3, -0.25) is 4.79 Å². The number of carbonyl (C=O) groups excluding carboxylic acids is 1. The summed E-state index contributed by atoms with van der Waals surface area (Å²) in [4.78, 5) is 18.1. The van der Waals surface area contributed by atoms with E-state index < -0.39 is 0 Å². The van der Waals surface area contributed by atoms with Gasteiger partial charge in [-0.1, -0.05) is 30.3 Å². The molecule has 4 N–H and O–H groups in total. The Morgan fingerprint density at radius 2 is 2.00 bits per heavy atom. The van der Waals surface area contributed by atoms with E-state index in [-0.39, 0.29) is 19.1 Å². The van der Waals surface area contributed by atoms with Crippen molar-refractivity contribution in [3.8, 4) is 0 Å². The smallest absolute Gasteiger partial charge is 0.255 e. The summed E-state index contributed by atoms with van der Waals surface area (Å²) < 4.78 is 0. The van der Waals surface area contributed by atoms with Gasteiger partial charge < -0.3 is 15.4 Å². The minimum absolute atomic E-state index is 0.0888. The lowest BCUT2D eigenvalue weighted by Crippen LogP contribution is -2.33. The lowest BCUT2D eigenvalue weighted by atomic mass is 10.2. The number of aromatic nitrogens is 1. The predicted octanol–water partition coefficient (Wildman–Crippen LogP) is 1.00. The standard InChI is InChI=1S/C15H18N4O2/c16-18-14-7-6-13(10-17-14)15(21)19(8-9-20)11-12-4-2-1-3-5-12/h1-7,10,20H,8-9,11,16H2,(H,17,18). The fourth-order valence-corrected chi connectivity index (χ4v) is 1.97. The molecule has 6 nitrogen and oxygen atoms in total. The molecule has 1 aromatic carbocycles. The first-order valence-electron chi connectivity index (χ1n) is 6.61. The molecule has 21 heavy (non-hydrogen) atoms. The van der Waals surface area contributed by atoms with Crippen LogP contribution in [-0.4, -0.2) is 34.0 Å². The maximum Gasteiger partial charge on any atom is 0.255 e. The van der Waals surface area contributed by atoms with E-state index >= 15 is 0 Å². The molecule has 2 aromatic rings. The van der Waals surface area contributed by atoms with Crippen LogP contribution < -0.4 is 11.3 Å². The first kappa shape index (κ1) is 15.0. The molecule has 0 aliphatic rings.